The third-order valence-corrected chi connectivity index (χ3v) is 1.72. The van der Waals surface area contributed by atoms with Crippen molar-refractivity contribution in [3.63, 3.8) is 0 Å². The zero-order valence-corrected chi connectivity index (χ0v) is 8.53. The summed E-state index contributed by atoms with van der Waals surface area (Å²) in [5.74, 6) is -1.33. The largest absolute Gasteiger partial charge is 0.478 e. The number of esters is 1. The monoisotopic (exact) mass is 201 g/mol. The molecular weight excluding hydrogens is 186 g/mol. The first-order valence-corrected chi connectivity index (χ1v) is 4.20. The van der Waals surface area contributed by atoms with Crippen LogP contribution in [0.15, 0.2) is 11.6 Å². The third kappa shape index (κ3) is 4.61. The van der Waals surface area contributed by atoms with Gasteiger partial charge >= 0.3 is 11.9 Å². The minimum atomic E-state index is -0.961. The molecule has 0 bridgehead atoms. The molecule has 0 fully saturated rings. The quantitative estimate of drug-likeness (QED) is 0.490. The average Bonchev–Trinajstić information content (AvgIpc) is 2.15. The molecule has 1 unspecified atom stereocenters. The molecule has 0 aromatic rings. The van der Waals surface area contributed by atoms with Crippen LogP contribution in [-0.2, 0) is 14.3 Å². The molecule has 0 spiro atoms. The Kier molecular flexibility index (Phi) is 5.55. The number of carbonyl (C=O) groups is 2. The van der Waals surface area contributed by atoms with E-state index < -0.39 is 12.0 Å². The molecule has 14 heavy (non-hydrogen) atoms. The highest BCUT2D eigenvalue weighted by Gasteiger charge is 2.10. The predicted molar refractivity (Wildman–Crippen MR) is 50.9 cm³/mol. The summed E-state index contributed by atoms with van der Waals surface area (Å²) in [5.41, 5.74) is 0.245. The van der Waals surface area contributed by atoms with Crippen molar-refractivity contribution in [2.75, 3.05) is 13.7 Å². The molecule has 0 radical (unpaired) electrons. The van der Waals surface area contributed by atoms with E-state index in [4.69, 9.17) is 5.11 Å². The summed E-state index contributed by atoms with van der Waals surface area (Å²) >= 11 is 0. The number of aliphatic carboxylic acids is 1. The first-order chi connectivity index (χ1) is 6.49. The molecule has 2 N–H and O–H groups in total. The fraction of sp³-hybridized carbons (Fsp3) is 0.556. The van der Waals surface area contributed by atoms with Gasteiger partial charge in [0.2, 0.25) is 0 Å². The summed E-state index contributed by atoms with van der Waals surface area (Å²) < 4.78 is 4.48. The van der Waals surface area contributed by atoms with Crippen molar-refractivity contribution in [1.82, 2.24) is 5.32 Å². The maximum Gasteiger partial charge on any atom is 0.330 e. The highest BCUT2D eigenvalue weighted by atomic mass is 16.5. The summed E-state index contributed by atoms with van der Waals surface area (Å²) in [6.45, 7) is 3.47. The zero-order chi connectivity index (χ0) is 11.1. The lowest BCUT2D eigenvalue weighted by atomic mass is 10.2. The Hall–Kier alpha value is -1.36. The second kappa shape index (κ2) is 6.15. The average molecular weight is 201 g/mol. The van der Waals surface area contributed by atoms with Gasteiger partial charge in [-0.2, -0.15) is 0 Å². The maximum absolute atomic E-state index is 10.9. The van der Waals surface area contributed by atoms with Gasteiger partial charge in [-0.1, -0.05) is 6.08 Å². The molecule has 1 atom stereocenters. The molecule has 0 heterocycles. The van der Waals surface area contributed by atoms with Crippen molar-refractivity contribution in [3.05, 3.63) is 11.6 Å². The molecule has 5 nitrogen and oxygen atoms in total. The molecule has 0 aromatic carbocycles. The number of carbonyl (C=O) groups excluding carboxylic acids is 1. The molecule has 5 heteroatoms. The molecule has 80 valence electrons. The molecule has 0 saturated carbocycles. The van der Waals surface area contributed by atoms with Gasteiger partial charge in [-0.3, -0.25) is 4.79 Å². The van der Waals surface area contributed by atoms with Gasteiger partial charge in [0.1, 0.15) is 6.04 Å². The Bertz CT molecular complexity index is 247. The summed E-state index contributed by atoms with van der Waals surface area (Å²) in [7, 11) is 1.30. The van der Waals surface area contributed by atoms with Crippen molar-refractivity contribution in [2.45, 2.75) is 19.9 Å². The second-order valence-corrected chi connectivity index (χ2v) is 2.85. The van der Waals surface area contributed by atoms with Crippen LogP contribution in [0.1, 0.15) is 13.8 Å². The van der Waals surface area contributed by atoms with Crippen molar-refractivity contribution in [1.29, 1.82) is 0 Å². The van der Waals surface area contributed by atoms with Crippen molar-refractivity contribution in [3.8, 4) is 0 Å². The fourth-order valence-corrected chi connectivity index (χ4v) is 0.736. The van der Waals surface area contributed by atoms with Crippen molar-refractivity contribution < 1.29 is 19.4 Å². The second-order valence-electron chi connectivity index (χ2n) is 2.85. The van der Waals surface area contributed by atoms with Crippen LogP contribution in [0.4, 0.5) is 0 Å². The molecule has 0 aliphatic rings. The smallest absolute Gasteiger partial charge is 0.330 e. The first kappa shape index (κ1) is 12.6. The van der Waals surface area contributed by atoms with Crippen LogP contribution in [0.2, 0.25) is 0 Å². The highest BCUT2D eigenvalue weighted by molar-refractivity contribution is 5.85. The minimum Gasteiger partial charge on any atom is -0.478 e. The Morgan fingerprint density at radius 3 is 2.57 bits per heavy atom. The third-order valence-electron chi connectivity index (χ3n) is 1.72. The van der Waals surface area contributed by atoms with E-state index in [0.29, 0.717) is 6.54 Å². The number of rotatable bonds is 5. The van der Waals surface area contributed by atoms with Gasteiger partial charge in [-0.15, -0.1) is 0 Å². The number of methoxy groups -OCH3 is 1. The van der Waals surface area contributed by atoms with E-state index in [-0.39, 0.29) is 11.5 Å². The number of hydrogen-bond donors (Lipinski definition) is 2. The van der Waals surface area contributed by atoms with E-state index >= 15 is 0 Å². The van der Waals surface area contributed by atoms with Gasteiger partial charge in [0, 0.05) is 12.1 Å². The van der Waals surface area contributed by atoms with Crippen molar-refractivity contribution >= 4 is 11.9 Å². The summed E-state index contributed by atoms with van der Waals surface area (Å²) in [6.07, 6.45) is 1.50. The topological polar surface area (TPSA) is 75.6 Å². The van der Waals surface area contributed by atoms with E-state index in [1.807, 2.05) is 0 Å². The van der Waals surface area contributed by atoms with Crippen LogP contribution >= 0.6 is 0 Å². The van der Waals surface area contributed by atoms with E-state index in [0.717, 1.165) is 0 Å². The zero-order valence-electron chi connectivity index (χ0n) is 8.53. The summed E-state index contributed by atoms with van der Waals surface area (Å²) in [5, 5.41) is 11.3. The highest BCUT2D eigenvalue weighted by Crippen LogP contribution is 1.91. The van der Waals surface area contributed by atoms with Crippen LogP contribution in [0.5, 0.6) is 0 Å². The van der Waals surface area contributed by atoms with Gasteiger partial charge in [-0.05, 0) is 13.8 Å². The number of hydrogen-bond acceptors (Lipinski definition) is 4. The lowest BCUT2D eigenvalue weighted by Crippen LogP contribution is -2.34. The minimum absolute atomic E-state index is 0.245. The summed E-state index contributed by atoms with van der Waals surface area (Å²) in [6, 6.07) is -0.433. The maximum atomic E-state index is 10.9. The summed E-state index contributed by atoms with van der Waals surface area (Å²) in [4.78, 5) is 21.3. The SMILES string of the molecule is COC(=O)C(C)NC/C=C(/C)C(=O)O. The standard InChI is InChI=1S/C9H15NO4/c1-6(8(11)12)4-5-10-7(2)9(13)14-3/h4,7,10H,5H2,1-3H3,(H,11,12)/b6-4-. The first-order valence-electron chi connectivity index (χ1n) is 4.20. The molecule has 0 aliphatic heterocycles. The Morgan fingerprint density at radius 1 is 1.57 bits per heavy atom. The van der Waals surface area contributed by atoms with Crippen molar-refractivity contribution in [2.24, 2.45) is 0 Å². The molecule has 0 aromatic heterocycles. The predicted octanol–water partition coefficient (Wildman–Crippen LogP) is 0.168. The van der Waals surface area contributed by atoms with Crippen LogP contribution < -0.4 is 5.32 Å². The van der Waals surface area contributed by atoms with Crippen LogP contribution in [-0.4, -0.2) is 36.7 Å². The number of carboxylic acid groups (broad SMARTS) is 1. The molecular formula is C9H15NO4. The Labute approximate surface area is 82.7 Å². The van der Waals surface area contributed by atoms with Gasteiger partial charge in [0.25, 0.3) is 0 Å². The van der Waals surface area contributed by atoms with Gasteiger partial charge in [0.15, 0.2) is 0 Å². The van der Waals surface area contributed by atoms with E-state index in [1.54, 1.807) is 6.92 Å². The van der Waals surface area contributed by atoms with Gasteiger partial charge < -0.3 is 15.2 Å². The number of ether oxygens (including phenoxy) is 1. The van der Waals surface area contributed by atoms with E-state index in [2.05, 4.69) is 10.1 Å². The van der Waals surface area contributed by atoms with Crippen LogP contribution in [0.25, 0.3) is 0 Å². The normalized spacial score (nSPS) is 13.5. The Balaban J connectivity index is 3.90. The molecule has 0 aliphatic carbocycles. The van der Waals surface area contributed by atoms with Gasteiger partial charge in [-0.25, -0.2) is 4.79 Å². The van der Waals surface area contributed by atoms with E-state index in [1.165, 1.54) is 20.1 Å². The lowest BCUT2D eigenvalue weighted by Gasteiger charge is -2.09. The molecule has 0 rings (SSSR count). The Morgan fingerprint density at radius 2 is 2.14 bits per heavy atom. The van der Waals surface area contributed by atoms with Crippen LogP contribution in [0.3, 0.4) is 0 Å². The molecule has 0 saturated heterocycles. The lowest BCUT2D eigenvalue weighted by molar-refractivity contribution is -0.142. The van der Waals surface area contributed by atoms with Gasteiger partial charge in [0.05, 0.1) is 7.11 Å². The number of carboxylic acids is 1. The fourth-order valence-electron chi connectivity index (χ4n) is 0.736. The van der Waals surface area contributed by atoms with E-state index in [9.17, 15) is 9.59 Å². The number of nitrogens with one attached hydrogen (secondary N) is 1. The van der Waals surface area contributed by atoms with Crippen LogP contribution in [0, 0.1) is 0 Å². The molecule has 0 amide bonds.